The quantitative estimate of drug-likeness (QED) is 0.514. The lowest BCUT2D eigenvalue weighted by atomic mass is 9.91. The predicted octanol–water partition coefficient (Wildman–Crippen LogP) is 5.01. The Morgan fingerprint density at radius 3 is 2.45 bits per heavy atom. The third-order valence-electron chi connectivity index (χ3n) is 6.23. The van der Waals surface area contributed by atoms with E-state index in [1.54, 1.807) is 0 Å². The van der Waals surface area contributed by atoms with E-state index in [4.69, 9.17) is 9.97 Å². The van der Waals surface area contributed by atoms with Crippen LogP contribution in [-0.4, -0.2) is 42.2 Å². The van der Waals surface area contributed by atoms with Gasteiger partial charge >= 0.3 is 6.03 Å². The number of anilines is 3. The number of urea groups is 1. The lowest BCUT2D eigenvalue weighted by Gasteiger charge is -2.30. The molecule has 178 valence electrons. The summed E-state index contributed by atoms with van der Waals surface area (Å²) in [7, 11) is 4.03. The first-order valence-electron chi connectivity index (χ1n) is 11.4. The van der Waals surface area contributed by atoms with Crippen molar-refractivity contribution in [2.75, 3.05) is 29.6 Å². The molecular formula is C23H29BrF2N6O. The van der Waals surface area contributed by atoms with Crippen LogP contribution in [0.2, 0.25) is 0 Å². The number of nitrogens with zero attached hydrogens (tertiary/aromatic N) is 3. The highest BCUT2D eigenvalue weighted by atomic mass is 79.9. The molecular weight excluding hydrogens is 494 g/mol. The van der Waals surface area contributed by atoms with Crippen LogP contribution < -0.4 is 20.9 Å². The molecule has 10 heteroatoms. The van der Waals surface area contributed by atoms with Crippen LogP contribution in [0.3, 0.4) is 0 Å². The largest absolute Gasteiger partial charge is 0.362 e. The van der Waals surface area contributed by atoms with Crippen molar-refractivity contribution in [2.24, 2.45) is 0 Å². The molecule has 2 aliphatic rings. The van der Waals surface area contributed by atoms with Crippen molar-refractivity contribution in [2.45, 2.75) is 63.5 Å². The van der Waals surface area contributed by atoms with Gasteiger partial charge in [0.05, 0.1) is 11.4 Å². The highest BCUT2D eigenvalue weighted by molar-refractivity contribution is 9.10. The number of halogens is 3. The van der Waals surface area contributed by atoms with Crippen molar-refractivity contribution >= 4 is 39.4 Å². The fourth-order valence-electron chi connectivity index (χ4n) is 4.57. The smallest absolute Gasteiger partial charge is 0.319 e. The topological polar surface area (TPSA) is 82.2 Å². The summed E-state index contributed by atoms with van der Waals surface area (Å²) in [6.07, 6.45) is 7.64. The molecule has 0 saturated heterocycles. The van der Waals surface area contributed by atoms with Gasteiger partial charge in [-0.1, -0.05) is 0 Å². The summed E-state index contributed by atoms with van der Waals surface area (Å²) in [6, 6.07) is 1.55. The van der Waals surface area contributed by atoms with Crippen LogP contribution in [0.4, 0.5) is 31.0 Å². The van der Waals surface area contributed by atoms with Gasteiger partial charge in [0.25, 0.3) is 0 Å². The Hall–Kier alpha value is -2.49. The van der Waals surface area contributed by atoms with E-state index in [0.717, 1.165) is 68.6 Å². The number of amides is 2. The number of nitrogens with one attached hydrogen (secondary N) is 3. The van der Waals surface area contributed by atoms with E-state index in [1.165, 1.54) is 12.0 Å². The molecule has 1 heterocycles. The number of hydrogen-bond donors (Lipinski definition) is 3. The summed E-state index contributed by atoms with van der Waals surface area (Å²) in [5.41, 5.74) is 2.33. The lowest BCUT2D eigenvalue weighted by molar-refractivity contribution is 0.243. The molecule has 0 radical (unpaired) electrons. The standard InChI is InChI=1S/C23H29BrF2N6O/c1-32(2)21-16-5-3-4-6-19(16)29-22(31-21)27-14-7-9-15(10-8-14)28-23(33)30-20-17(24)11-13(25)12-18(20)26/h11-12,14-15H,3-10H2,1-2H3,(H,27,29,31)(H2,28,30,33)/t14-,15+. The van der Waals surface area contributed by atoms with Crippen LogP contribution in [0, 0.1) is 11.6 Å². The number of rotatable bonds is 5. The van der Waals surface area contributed by atoms with Crippen molar-refractivity contribution in [1.82, 2.24) is 15.3 Å². The maximum Gasteiger partial charge on any atom is 0.319 e. The Morgan fingerprint density at radius 2 is 1.76 bits per heavy atom. The molecule has 1 aromatic heterocycles. The van der Waals surface area contributed by atoms with E-state index in [-0.39, 0.29) is 22.2 Å². The van der Waals surface area contributed by atoms with Crippen molar-refractivity contribution < 1.29 is 13.6 Å². The van der Waals surface area contributed by atoms with Gasteiger partial charge in [-0.25, -0.2) is 18.6 Å². The Labute approximate surface area is 200 Å². The van der Waals surface area contributed by atoms with E-state index in [0.29, 0.717) is 5.95 Å². The van der Waals surface area contributed by atoms with E-state index >= 15 is 0 Å². The van der Waals surface area contributed by atoms with Crippen LogP contribution in [0.25, 0.3) is 0 Å². The zero-order chi connectivity index (χ0) is 23.5. The van der Waals surface area contributed by atoms with Crippen molar-refractivity contribution in [1.29, 1.82) is 0 Å². The minimum absolute atomic E-state index is 0.0212. The molecule has 2 amide bonds. The number of aryl methyl sites for hydroxylation is 1. The van der Waals surface area contributed by atoms with Crippen molar-refractivity contribution in [3.63, 3.8) is 0 Å². The minimum Gasteiger partial charge on any atom is -0.362 e. The van der Waals surface area contributed by atoms with Crippen molar-refractivity contribution in [3.8, 4) is 0 Å². The van der Waals surface area contributed by atoms with Gasteiger partial charge in [-0.15, -0.1) is 0 Å². The Balaban J connectivity index is 1.31. The van der Waals surface area contributed by atoms with Crippen molar-refractivity contribution in [3.05, 3.63) is 39.5 Å². The normalized spacial score (nSPS) is 20.0. The number of fused-ring (bicyclic) bond motifs is 1. The first kappa shape index (κ1) is 23.7. The molecule has 0 bridgehead atoms. The second-order valence-corrected chi connectivity index (χ2v) is 9.79. The van der Waals surface area contributed by atoms with Gasteiger partial charge in [-0.2, -0.15) is 4.98 Å². The molecule has 33 heavy (non-hydrogen) atoms. The predicted molar refractivity (Wildman–Crippen MR) is 129 cm³/mol. The molecule has 7 nitrogen and oxygen atoms in total. The fraction of sp³-hybridized carbons (Fsp3) is 0.522. The maximum atomic E-state index is 14.0. The van der Waals surface area contributed by atoms with Gasteiger partial charge in [0.1, 0.15) is 11.6 Å². The fourth-order valence-corrected chi connectivity index (χ4v) is 5.08. The number of benzene rings is 1. The summed E-state index contributed by atoms with van der Waals surface area (Å²) in [5.74, 6) is 0.127. The maximum absolute atomic E-state index is 14.0. The Kier molecular flexibility index (Phi) is 7.31. The molecule has 1 aromatic carbocycles. The van der Waals surface area contributed by atoms with Gasteiger partial charge in [-0.3, -0.25) is 0 Å². The van der Waals surface area contributed by atoms with Crippen LogP contribution in [-0.2, 0) is 12.8 Å². The summed E-state index contributed by atoms with van der Waals surface area (Å²) >= 11 is 3.08. The zero-order valence-corrected chi connectivity index (χ0v) is 20.4. The first-order valence-corrected chi connectivity index (χ1v) is 12.1. The van der Waals surface area contributed by atoms with E-state index < -0.39 is 17.7 Å². The molecule has 1 fully saturated rings. The molecule has 0 spiro atoms. The van der Waals surface area contributed by atoms with Gasteiger partial charge in [0.2, 0.25) is 5.95 Å². The molecule has 0 unspecified atom stereocenters. The van der Waals surface area contributed by atoms with Crippen LogP contribution in [0.1, 0.15) is 49.8 Å². The summed E-state index contributed by atoms with van der Waals surface area (Å²) in [4.78, 5) is 24.0. The summed E-state index contributed by atoms with van der Waals surface area (Å²) in [6.45, 7) is 0. The third-order valence-corrected chi connectivity index (χ3v) is 6.85. The van der Waals surface area contributed by atoms with E-state index in [2.05, 4.69) is 36.8 Å². The molecule has 0 aliphatic heterocycles. The highest BCUT2D eigenvalue weighted by Gasteiger charge is 2.25. The number of carbonyl (C=O) groups excluding carboxylic acids is 1. The minimum atomic E-state index is -0.827. The van der Waals surface area contributed by atoms with Crippen LogP contribution >= 0.6 is 15.9 Å². The van der Waals surface area contributed by atoms with Crippen LogP contribution in [0.5, 0.6) is 0 Å². The Morgan fingerprint density at radius 1 is 1.06 bits per heavy atom. The molecule has 0 atom stereocenters. The van der Waals surface area contributed by atoms with Gasteiger partial charge in [0.15, 0.2) is 5.82 Å². The average molecular weight is 523 g/mol. The summed E-state index contributed by atoms with van der Waals surface area (Å²) in [5, 5.41) is 8.85. The molecule has 3 N–H and O–H groups in total. The monoisotopic (exact) mass is 522 g/mol. The van der Waals surface area contributed by atoms with Gasteiger partial charge < -0.3 is 20.9 Å². The Bertz CT molecular complexity index is 1000. The lowest BCUT2D eigenvalue weighted by Crippen LogP contribution is -2.42. The number of carbonyl (C=O) groups is 1. The van der Waals surface area contributed by atoms with E-state index in [9.17, 15) is 13.6 Å². The second-order valence-electron chi connectivity index (χ2n) is 8.93. The molecule has 2 aliphatic carbocycles. The van der Waals surface area contributed by atoms with Gasteiger partial charge in [-0.05, 0) is 73.4 Å². The number of aromatic nitrogens is 2. The first-order chi connectivity index (χ1) is 15.8. The summed E-state index contributed by atoms with van der Waals surface area (Å²) < 4.78 is 27.4. The van der Waals surface area contributed by atoms with Gasteiger partial charge in [0, 0.05) is 42.3 Å². The molecule has 2 aromatic rings. The molecule has 1 saturated carbocycles. The highest BCUT2D eigenvalue weighted by Crippen LogP contribution is 2.30. The SMILES string of the molecule is CN(C)c1nc(N[C@H]2CC[C@@H](NC(=O)Nc3c(F)cc(F)cc3Br)CC2)nc2c1CCCC2. The second kappa shape index (κ2) is 10.2. The van der Waals surface area contributed by atoms with E-state index in [1.807, 2.05) is 14.1 Å². The average Bonchev–Trinajstić information content (AvgIpc) is 2.77. The van der Waals surface area contributed by atoms with Crippen LogP contribution in [0.15, 0.2) is 16.6 Å². The third kappa shape index (κ3) is 5.72. The molecule has 4 rings (SSSR count). The zero-order valence-electron chi connectivity index (χ0n) is 18.9. The number of hydrogen-bond acceptors (Lipinski definition) is 5.